The zero-order chi connectivity index (χ0) is 17.3. The molecule has 2 amide bonds. The number of benzene rings is 2. The summed E-state index contributed by atoms with van der Waals surface area (Å²) in [5.41, 5.74) is 1.36. The summed E-state index contributed by atoms with van der Waals surface area (Å²) in [5.74, 6) is -1.25. The van der Waals surface area contributed by atoms with Crippen LogP contribution in [0.4, 0.5) is 10.1 Å². The van der Waals surface area contributed by atoms with Crippen LogP contribution in [0.15, 0.2) is 54.2 Å². The van der Waals surface area contributed by atoms with Gasteiger partial charge in [0.25, 0.3) is 11.8 Å². The lowest BCUT2D eigenvalue weighted by Crippen LogP contribution is -2.32. The van der Waals surface area contributed by atoms with Crippen molar-refractivity contribution in [1.82, 2.24) is 4.90 Å². The number of hydrogen-bond acceptors (Lipinski definition) is 3. The highest BCUT2D eigenvalue weighted by Crippen LogP contribution is 2.31. The molecule has 0 saturated heterocycles. The van der Waals surface area contributed by atoms with E-state index in [0.717, 1.165) is 4.90 Å². The first-order valence-electron chi connectivity index (χ1n) is 7.40. The van der Waals surface area contributed by atoms with Crippen LogP contribution >= 0.6 is 11.6 Å². The summed E-state index contributed by atoms with van der Waals surface area (Å²) in [6.45, 7) is 1.98. The molecule has 3 rings (SSSR count). The Morgan fingerprint density at radius 1 is 1.08 bits per heavy atom. The van der Waals surface area contributed by atoms with Crippen LogP contribution in [0.5, 0.6) is 0 Å². The molecular weight excluding hydrogens is 331 g/mol. The summed E-state index contributed by atoms with van der Waals surface area (Å²) >= 11 is 5.89. The molecule has 0 unspecified atom stereocenters. The number of nitrogens with zero attached hydrogens (tertiary/aromatic N) is 1. The van der Waals surface area contributed by atoms with E-state index < -0.39 is 11.7 Å². The number of amides is 2. The van der Waals surface area contributed by atoms with Gasteiger partial charge in [0.1, 0.15) is 11.5 Å². The largest absolute Gasteiger partial charge is 0.350 e. The molecule has 122 valence electrons. The molecule has 4 nitrogen and oxygen atoms in total. The minimum Gasteiger partial charge on any atom is -0.350 e. The van der Waals surface area contributed by atoms with Crippen molar-refractivity contribution < 1.29 is 14.0 Å². The van der Waals surface area contributed by atoms with Crippen molar-refractivity contribution in [2.24, 2.45) is 0 Å². The highest BCUT2D eigenvalue weighted by Gasteiger charge is 2.38. The first kappa shape index (κ1) is 16.2. The van der Waals surface area contributed by atoms with E-state index in [-0.39, 0.29) is 23.7 Å². The Kier molecular flexibility index (Phi) is 4.36. The van der Waals surface area contributed by atoms with Gasteiger partial charge in [-0.15, -0.1) is 0 Å². The van der Waals surface area contributed by atoms with Gasteiger partial charge in [-0.05, 0) is 42.8 Å². The highest BCUT2D eigenvalue weighted by molar-refractivity contribution is 6.36. The Bertz CT molecular complexity index is 846. The molecule has 2 aromatic carbocycles. The molecule has 24 heavy (non-hydrogen) atoms. The third-order valence-corrected chi connectivity index (χ3v) is 3.96. The van der Waals surface area contributed by atoms with Crippen molar-refractivity contribution in [1.29, 1.82) is 0 Å². The smallest absolute Gasteiger partial charge is 0.278 e. The Labute approximate surface area is 143 Å². The van der Waals surface area contributed by atoms with Crippen LogP contribution < -0.4 is 5.32 Å². The SMILES string of the molecule is CCN1C(=O)C(Nc2cccc(F)c2)=C(c2ccc(Cl)cc2)C1=O. The van der Waals surface area contributed by atoms with Crippen LogP contribution in [0.3, 0.4) is 0 Å². The maximum Gasteiger partial charge on any atom is 0.278 e. The molecule has 0 saturated carbocycles. The number of carbonyl (C=O) groups is 2. The van der Waals surface area contributed by atoms with Gasteiger partial charge in [0, 0.05) is 17.3 Å². The van der Waals surface area contributed by atoms with Crippen molar-refractivity contribution in [3.05, 3.63) is 70.6 Å². The number of anilines is 1. The zero-order valence-corrected chi connectivity index (χ0v) is 13.6. The predicted octanol–water partition coefficient (Wildman–Crippen LogP) is 3.69. The molecule has 0 atom stereocenters. The minimum atomic E-state index is -0.434. The van der Waals surface area contributed by atoms with E-state index in [0.29, 0.717) is 16.3 Å². The fourth-order valence-corrected chi connectivity index (χ4v) is 2.70. The van der Waals surface area contributed by atoms with Gasteiger partial charge in [-0.1, -0.05) is 29.8 Å². The van der Waals surface area contributed by atoms with E-state index in [4.69, 9.17) is 11.6 Å². The van der Waals surface area contributed by atoms with E-state index in [1.807, 2.05) is 0 Å². The molecule has 1 aliphatic rings. The average molecular weight is 345 g/mol. The van der Waals surface area contributed by atoms with E-state index in [9.17, 15) is 14.0 Å². The lowest BCUT2D eigenvalue weighted by molar-refractivity contribution is -0.136. The van der Waals surface area contributed by atoms with Gasteiger partial charge in [-0.3, -0.25) is 14.5 Å². The maximum atomic E-state index is 13.4. The normalized spacial score (nSPS) is 14.5. The van der Waals surface area contributed by atoms with Gasteiger partial charge in [0.2, 0.25) is 0 Å². The Balaban J connectivity index is 2.09. The van der Waals surface area contributed by atoms with Gasteiger partial charge in [-0.25, -0.2) is 4.39 Å². The van der Waals surface area contributed by atoms with Crippen molar-refractivity contribution in [2.75, 3.05) is 11.9 Å². The molecule has 1 N–H and O–H groups in total. The summed E-state index contributed by atoms with van der Waals surface area (Å²) in [5, 5.41) is 3.41. The monoisotopic (exact) mass is 344 g/mol. The van der Waals surface area contributed by atoms with Gasteiger partial charge in [-0.2, -0.15) is 0 Å². The number of likely N-dealkylation sites (N-methyl/N-ethyl adjacent to an activating group) is 1. The summed E-state index contributed by atoms with van der Waals surface area (Å²) in [6.07, 6.45) is 0. The van der Waals surface area contributed by atoms with Gasteiger partial charge in [0.05, 0.1) is 5.57 Å². The molecule has 0 fully saturated rings. The van der Waals surface area contributed by atoms with E-state index in [1.165, 1.54) is 18.2 Å². The second-order valence-corrected chi connectivity index (χ2v) is 5.68. The predicted molar refractivity (Wildman–Crippen MR) is 90.8 cm³/mol. The van der Waals surface area contributed by atoms with E-state index in [1.54, 1.807) is 37.3 Å². The second-order valence-electron chi connectivity index (χ2n) is 5.25. The van der Waals surface area contributed by atoms with Crippen LogP contribution in [-0.4, -0.2) is 23.3 Å². The fourth-order valence-electron chi connectivity index (χ4n) is 2.57. The van der Waals surface area contributed by atoms with Crippen LogP contribution in [0.2, 0.25) is 5.02 Å². The highest BCUT2D eigenvalue weighted by atomic mass is 35.5. The first-order chi connectivity index (χ1) is 11.5. The average Bonchev–Trinajstić information content (AvgIpc) is 2.79. The van der Waals surface area contributed by atoms with Crippen molar-refractivity contribution in [3.63, 3.8) is 0 Å². The minimum absolute atomic E-state index is 0.134. The van der Waals surface area contributed by atoms with Crippen molar-refractivity contribution in [2.45, 2.75) is 6.92 Å². The molecule has 0 aliphatic carbocycles. The molecule has 1 heterocycles. The number of halogens is 2. The van der Waals surface area contributed by atoms with Gasteiger partial charge >= 0.3 is 0 Å². The Morgan fingerprint density at radius 2 is 1.79 bits per heavy atom. The number of hydrogen-bond donors (Lipinski definition) is 1. The maximum absolute atomic E-state index is 13.4. The van der Waals surface area contributed by atoms with Crippen LogP contribution in [-0.2, 0) is 9.59 Å². The first-order valence-corrected chi connectivity index (χ1v) is 7.78. The van der Waals surface area contributed by atoms with Crippen molar-refractivity contribution in [3.8, 4) is 0 Å². The number of nitrogens with one attached hydrogen (secondary N) is 1. The summed E-state index contributed by atoms with van der Waals surface area (Å²) < 4.78 is 13.4. The number of rotatable bonds is 4. The standard InChI is InChI=1S/C18H14ClFN2O2/c1-2-22-17(23)15(11-6-8-12(19)9-7-11)16(18(22)24)21-14-5-3-4-13(20)10-14/h3-10,21H,2H2,1H3. The number of carbonyl (C=O) groups excluding carboxylic acids is 2. The summed E-state index contributed by atoms with van der Waals surface area (Å²) in [6, 6.07) is 12.4. The van der Waals surface area contributed by atoms with E-state index in [2.05, 4.69) is 5.32 Å². The third-order valence-electron chi connectivity index (χ3n) is 3.71. The topological polar surface area (TPSA) is 49.4 Å². The van der Waals surface area contributed by atoms with Crippen LogP contribution in [0.1, 0.15) is 12.5 Å². The molecule has 0 aromatic heterocycles. The zero-order valence-electron chi connectivity index (χ0n) is 12.8. The van der Waals surface area contributed by atoms with Crippen molar-refractivity contribution >= 4 is 34.7 Å². The summed E-state index contributed by atoms with van der Waals surface area (Å²) in [7, 11) is 0. The molecule has 6 heteroatoms. The molecule has 0 radical (unpaired) electrons. The molecule has 1 aliphatic heterocycles. The van der Waals surface area contributed by atoms with Crippen LogP contribution in [0.25, 0.3) is 5.57 Å². The Morgan fingerprint density at radius 3 is 2.42 bits per heavy atom. The summed E-state index contributed by atoms with van der Waals surface area (Å²) in [4.78, 5) is 26.3. The van der Waals surface area contributed by atoms with Gasteiger partial charge in [0.15, 0.2) is 0 Å². The second kappa shape index (κ2) is 6.45. The quantitative estimate of drug-likeness (QED) is 0.860. The third kappa shape index (κ3) is 2.90. The number of imide groups is 1. The molecular formula is C18H14ClFN2O2. The Hall–Kier alpha value is -2.66. The lowest BCUT2D eigenvalue weighted by atomic mass is 10.0. The molecule has 0 spiro atoms. The van der Waals surface area contributed by atoms with Crippen LogP contribution in [0, 0.1) is 5.82 Å². The fraction of sp³-hybridized carbons (Fsp3) is 0.111. The van der Waals surface area contributed by atoms with Gasteiger partial charge < -0.3 is 5.32 Å². The molecule has 0 bridgehead atoms. The lowest BCUT2D eigenvalue weighted by Gasteiger charge is -2.12. The van der Waals surface area contributed by atoms with E-state index >= 15 is 0 Å². The molecule has 2 aromatic rings.